The summed E-state index contributed by atoms with van der Waals surface area (Å²) < 4.78 is 6.78. The number of hydrogen-bond donors (Lipinski definition) is 2. The van der Waals surface area contributed by atoms with Crippen molar-refractivity contribution in [1.82, 2.24) is 19.6 Å². The second kappa shape index (κ2) is 7.52. The fourth-order valence-electron chi connectivity index (χ4n) is 2.45. The number of nitrogens with two attached hydrogens (primary N) is 1. The van der Waals surface area contributed by atoms with Crippen LogP contribution < -0.4 is 15.8 Å². The maximum Gasteiger partial charge on any atom is 0.213 e. The summed E-state index contributed by atoms with van der Waals surface area (Å²) in [4.78, 5) is 8.85. The van der Waals surface area contributed by atoms with Crippen LogP contribution in [0.2, 0.25) is 0 Å². The molecular weight excluding hydrogens is 328 g/mol. The highest BCUT2D eigenvalue weighted by atomic mass is 16.5. The van der Waals surface area contributed by atoms with Gasteiger partial charge in [-0.05, 0) is 30.7 Å². The summed E-state index contributed by atoms with van der Waals surface area (Å²) in [5, 5.41) is 7.58. The molecule has 0 aliphatic heterocycles. The molecule has 0 bridgehead atoms. The number of allylic oxidation sites excluding steroid dienone is 5. The number of pyridine rings is 1. The minimum Gasteiger partial charge on any atom is -0.481 e. The van der Waals surface area contributed by atoms with Gasteiger partial charge in [0.1, 0.15) is 5.82 Å². The molecule has 0 unspecified atom stereocenters. The second-order valence-corrected chi connectivity index (χ2v) is 5.60. The first-order valence-corrected chi connectivity index (χ1v) is 7.99. The minimum atomic E-state index is 0.556. The Morgan fingerprint density at radius 2 is 2.15 bits per heavy atom. The molecule has 0 radical (unpaired) electrons. The zero-order valence-corrected chi connectivity index (χ0v) is 14.7. The number of hydrogen-bond acceptors (Lipinski definition) is 6. The molecule has 0 spiro atoms. The van der Waals surface area contributed by atoms with Gasteiger partial charge in [-0.2, -0.15) is 5.10 Å². The lowest BCUT2D eigenvalue weighted by atomic mass is 10.1. The standard InChI is InChI=1S/C19H20N6O/c1-4-5-14(10-13(2)20)16-12-22-25-9-8-17(24-19(16)25)23-15-6-7-18(26-3)21-11-15/h4-12H,1,20H2,2-3H3,(H,23,24)/b13-10+,14-5+. The van der Waals surface area contributed by atoms with Crippen molar-refractivity contribution in [3.05, 3.63) is 72.9 Å². The van der Waals surface area contributed by atoms with E-state index in [-0.39, 0.29) is 0 Å². The molecule has 3 aromatic rings. The highest BCUT2D eigenvalue weighted by Gasteiger charge is 2.10. The number of nitrogens with one attached hydrogen (secondary N) is 1. The van der Waals surface area contributed by atoms with E-state index in [9.17, 15) is 0 Å². The predicted octanol–water partition coefficient (Wildman–Crippen LogP) is 3.31. The van der Waals surface area contributed by atoms with Gasteiger partial charge in [0.15, 0.2) is 5.65 Å². The molecule has 0 aromatic carbocycles. The Morgan fingerprint density at radius 3 is 2.81 bits per heavy atom. The van der Waals surface area contributed by atoms with E-state index < -0.39 is 0 Å². The van der Waals surface area contributed by atoms with E-state index >= 15 is 0 Å². The lowest BCUT2D eigenvalue weighted by Crippen LogP contribution is -1.99. The van der Waals surface area contributed by atoms with Crippen molar-refractivity contribution in [2.75, 3.05) is 12.4 Å². The maximum absolute atomic E-state index is 5.84. The first-order chi connectivity index (χ1) is 12.6. The summed E-state index contributed by atoms with van der Waals surface area (Å²) in [6.07, 6.45) is 10.7. The molecule has 0 aliphatic carbocycles. The van der Waals surface area contributed by atoms with Gasteiger partial charge in [-0.25, -0.2) is 14.5 Å². The molecular formula is C19H20N6O. The van der Waals surface area contributed by atoms with E-state index in [1.807, 2.05) is 37.4 Å². The Hall–Kier alpha value is -3.61. The van der Waals surface area contributed by atoms with Crippen LogP contribution in [0.5, 0.6) is 5.88 Å². The molecule has 132 valence electrons. The van der Waals surface area contributed by atoms with E-state index in [2.05, 4.69) is 27.0 Å². The average Bonchev–Trinajstić information content (AvgIpc) is 3.05. The van der Waals surface area contributed by atoms with Crippen LogP contribution in [0.25, 0.3) is 11.2 Å². The third-order valence-electron chi connectivity index (χ3n) is 3.58. The summed E-state index contributed by atoms with van der Waals surface area (Å²) in [7, 11) is 1.58. The molecule has 0 saturated heterocycles. The molecule has 0 fully saturated rings. The first kappa shape index (κ1) is 17.2. The summed E-state index contributed by atoms with van der Waals surface area (Å²) in [6.45, 7) is 5.59. The highest BCUT2D eigenvalue weighted by molar-refractivity contribution is 5.83. The summed E-state index contributed by atoms with van der Waals surface area (Å²) in [6, 6.07) is 5.50. The zero-order chi connectivity index (χ0) is 18.5. The van der Waals surface area contributed by atoms with Crippen molar-refractivity contribution < 1.29 is 4.74 Å². The number of ether oxygens (including phenoxy) is 1. The van der Waals surface area contributed by atoms with Crippen molar-refractivity contribution in [3.63, 3.8) is 0 Å². The van der Waals surface area contributed by atoms with Crippen LogP contribution in [0.4, 0.5) is 11.5 Å². The molecule has 0 saturated carbocycles. The smallest absolute Gasteiger partial charge is 0.213 e. The summed E-state index contributed by atoms with van der Waals surface area (Å²) in [5.41, 5.74) is 9.81. The van der Waals surface area contributed by atoms with Crippen molar-refractivity contribution in [2.24, 2.45) is 5.73 Å². The lowest BCUT2D eigenvalue weighted by Gasteiger charge is -2.07. The van der Waals surface area contributed by atoms with Crippen LogP contribution in [0.3, 0.4) is 0 Å². The Labute approximate surface area is 151 Å². The molecule has 3 rings (SSSR count). The quantitative estimate of drug-likeness (QED) is 0.664. The van der Waals surface area contributed by atoms with E-state index in [1.54, 1.807) is 36.2 Å². The fraction of sp³-hybridized carbons (Fsp3) is 0.105. The van der Waals surface area contributed by atoms with E-state index in [4.69, 9.17) is 10.5 Å². The average molecular weight is 348 g/mol. The molecule has 7 nitrogen and oxygen atoms in total. The zero-order valence-electron chi connectivity index (χ0n) is 14.7. The lowest BCUT2D eigenvalue weighted by molar-refractivity contribution is 0.398. The van der Waals surface area contributed by atoms with Crippen LogP contribution >= 0.6 is 0 Å². The van der Waals surface area contributed by atoms with Gasteiger partial charge in [-0.1, -0.05) is 18.7 Å². The Balaban J connectivity index is 1.98. The van der Waals surface area contributed by atoms with Gasteiger partial charge in [0.2, 0.25) is 5.88 Å². The summed E-state index contributed by atoms with van der Waals surface area (Å²) >= 11 is 0. The second-order valence-electron chi connectivity index (χ2n) is 5.60. The third-order valence-corrected chi connectivity index (χ3v) is 3.58. The third kappa shape index (κ3) is 3.72. The van der Waals surface area contributed by atoms with Crippen LogP contribution in [0.1, 0.15) is 12.5 Å². The predicted molar refractivity (Wildman–Crippen MR) is 103 cm³/mol. The molecule has 0 atom stereocenters. The van der Waals surface area contributed by atoms with Crippen molar-refractivity contribution in [1.29, 1.82) is 0 Å². The van der Waals surface area contributed by atoms with Crippen LogP contribution in [0, 0.1) is 0 Å². The van der Waals surface area contributed by atoms with Crippen LogP contribution in [0.15, 0.2) is 67.3 Å². The van der Waals surface area contributed by atoms with Crippen molar-refractivity contribution in [3.8, 4) is 5.88 Å². The van der Waals surface area contributed by atoms with Gasteiger partial charge in [0, 0.05) is 23.5 Å². The van der Waals surface area contributed by atoms with Gasteiger partial charge in [-0.15, -0.1) is 0 Å². The number of fused-ring (bicyclic) bond motifs is 1. The number of methoxy groups -OCH3 is 1. The normalized spacial score (nSPS) is 12.2. The van der Waals surface area contributed by atoms with E-state index in [1.165, 1.54) is 0 Å². The molecule has 26 heavy (non-hydrogen) atoms. The number of rotatable bonds is 6. The molecule has 7 heteroatoms. The SMILES string of the molecule is C=C/C=C(\C=C(/C)N)c1cnn2ccc(Nc3ccc(OC)nc3)nc12. The van der Waals surface area contributed by atoms with Crippen LogP contribution in [-0.2, 0) is 0 Å². The van der Waals surface area contributed by atoms with Gasteiger partial charge in [0.05, 0.1) is 25.2 Å². The van der Waals surface area contributed by atoms with Crippen molar-refractivity contribution >= 4 is 22.7 Å². The number of aromatic nitrogens is 4. The number of nitrogens with zero attached hydrogens (tertiary/aromatic N) is 4. The van der Waals surface area contributed by atoms with Gasteiger partial charge in [0.25, 0.3) is 0 Å². The van der Waals surface area contributed by atoms with E-state index in [0.29, 0.717) is 23.0 Å². The highest BCUT2D eigenvalue weighted by Crippen LogP contribution is 2.23. The topological polar surface area (TPSA) is 90.4 Å². The fourth-order valence-corrected chi connectivity index (χ4v) is 2.45. The molecule has 0 amide bonds. The van der Waals surface area contributed by atoms with Crippen molar-refractivity contribution in [2.45, 2.75) is 6.92 Å². The van der Waals surface area contributed by atoms with Gasteiger partial charge in [-0.3, -0.25) is 0 Å². The molecule has 3 heterocycles. The number of anilines is 2. The Bertz CT molecular complexity index is 981. The first-order valence-electron chi connectivity index (χ1n) is 7.99. The Morgan fingerprint density at radius 1 is 1.31 bits per heavy atom. The largest absolute Gasteiger partial charge is 0.481 e. The van der Waals surface area contributed by atoms with E-state index in [0.717, 1.165) is 16.8 Å². The Kier molecular flexibility index (Phi) is 4.98. The minimum absolute atomic E-state index is 0.556. The summed E-state index contributed by atoms with van der Waals surface area (Å²) in [5.74, 6) is 1.23. The van der Waals surface area contributed by atoms with Crippen LogP contribution in [-0.4, -0.2) is 26.7 Å². The van der Waals surface area contributed by atoms with Gasteiger partial charge < -0.3 is 15.8 Å². The molecule has 3 N–H and O–H groups in total. The van der Waals surface area contributed by atoms with Gasteiger partial charge >= 0.3 is 0 Å². The molecule has 3 aromatic heterocycles. The maximum atomic E-state index is 5.84. The monoisotopic (exact) mass is 348 g/mol. The molecule has 0 aliphatic rings.